The molecule has 3 rings (SSSR count). The number of nitrogens with one attached hydrogen (secondary N) is 2. The van der Waals surface area contributed by atoms with Crippen molar-refractivity contribution in [3.63, 3.8) is 0 Å². The van der Waals surface area contributed by atoms with Crippen LogP contribution < -0.4 is 16.4 Å². The topological polar surface area (TPSA) is 108 Å². The highest BCUT2D eigenvalue weighted by Gasteiger charge is 2.23. The normalized spacial score (nSPS) is 13.4. The lowest BCUT2D eigenvalue weighted by Gasteiger charge is -2.24. The van der Waals surface area contributed by atoms with Gasteiger partial charge in [0.25, 0.3) is 5.91 Å². The molecule has 0 saturated heterocycles. The molecule has 0 fully saturated rings. The van der Waals surface area contributed by atoms with Crippen LogP contribution in [-0.2, 0) is 11.2 Å². The fraction of sp³-hybridized carbons (Fsp3) is 0.421. The molecule has 252 valence electrons. The Morgan fingerprint density at radius 1 is 1.04 bits per heavy atom. The number of nitrogens with two attached hydrogens (primary N) is 1. The smallest absolute Gasteiger partial charge is 0.251 e. The minimum atomic E-state index is -1.05. The van der Waals surface area contributed by atoms with Crippen molar-refractivity contribution in [2.45, 2.75) is 99.1 Å². The van der Waals surface area contributed by atoms with Crippen LogP contribution in [0.3, 0.4) is 0 Å². The average molecular weight is 651 g/mol. The van der Waals surface area contributed by atoms with Crippen LogP contribution in [0.15, 0.2) is 84.9 Å². The van der Waals surface area contributed by atoms with E-state index < -0.39 is 11.6 Å². The van der Waals surface area contributed by atoms with Gasteiger partial charge < -0.3 is 26.4 Å². The Balaban J connectivity index is 0.00000137. The summed E-state index contributed by atoms with van der Waals surface area (Å²) < 4.78 is 0. The summed E-state index contributed by atoms with van der Waals surface area (Å²) in [7, 11) is 0. The van der Waals surface area contributed by atoms with E-state index in [1.54, 1.807) is 13.8 Å². The van der Waals surface area contributed by atoms with E-state index in [9.17, 15) is 14.7 Å². The average Bonchev–Trinajstić information content (AvgIpc) is 3.02. The monoisotopic (exact) mass is 650 g/mol. The van der Waals surface area contributed by atoms with Gasteiger partial charge in [-0.25, -0.2) is 0 Å². The molecule has 0 aromatic heterocycles. The number of benzene rings is 2. The van der Waals surface area contributed by atoms with Crippen molar-refractivity contribution >= 4 is 29.0 Å². The fourth-order valence-corrected chi connectivity index (χ4v) is 4.23. The van der Waals surface area contributed by atoms with E-state index >= 15 is 0 Å². The lowest BCUT2D eigenvalue weighted by Crippen LogP contribution is -2.53. The van der Waals surface area contributed by atoms with Gasteiger partial charge in [-0.05, 0) is 80.2 Å². The third-order valence-electron chi connectivity index (χ3n) is 6.97. The molecule has 0 radical (unpaired) electrons. The third kappa shape index (κ3) is 13.7. The predicted octanol–water partition coefficient (Wildman–Crippen LogP) is 8.50. The van der Waals surface area contributed by atoms with Crippen molar-refractivity contribution in [2.75, 3.05) is 6.54 Å². The molecule has 1 aliphatic rings. The van der Waals surface area contributed by atoms with Crippen LogP contribution in [0.4, 0.5) is 0 Å². The minimum absolute atomic E-state index is 0.0851. The molecule has 2 aromatic rings. The summed E-state index contributed by atoms with van der Waals surface area (Å²) in [6.07, 6.45) is 13.4. The maximum atomic E-state index is 12.9. The second-order valence-electron chi connectivity index (χ2n) is 11.9. The van der Waals surface area contributed by atoms with E-state index in [0.29, 0.717) is 12.0 Å². The lowest BCUT2D eigenvalue weighted by molar-refractivity contribution is -0.125. The van der Waals surface area contributed by atoms with Gasteiger partial charge in [-0.1, -0.05) is 102 Å². The summed E-state index contributed by atoms with van der Waals surface area (Å²) in [6, 6.07) is 11.9. The van der Waals surface area contributed by atoms with E-state index in [1.165, 1.54) is 43.0 Å². The largest absolute Gasteiger partial charge is 0.506 e. The van der Waals surface area contributed by atoms with Crippen molar-refractivity contribution in [3.05, 3.63) is 107 Å². The summed E-state index contributed by atoms with van der Waals surface area (Å²) >= 11 is 5.98. The predicted molar refractivity (Wildman–Crippen MR) is 194 cm³/mol. The maximum absolute atomic E-state index is 12.9. The fourth-order valence-electron chi connectivity index (χ4n) is 4.05. The molecule has 7 nitrogen and oxygen atoms in total. The number of phenols is 1. The molecular weight excluding hydrogens is 596 g/mol. The number of unbranched alkanes of at least 4 members (excludes halogenated alkanes) is 1. The van der Waals surface area contributed by atoms with Crippen LogP contribution in [0, 0.1) is 0 Å². The van der Waals surface area contributed by atoms with Crippen molar-refractivity contribution in [1.82, 2.24) is 15.5 Å². The third-order valence-corrected chi connectivity index (χ3v) is 7.27. The Kier molecular flexibility index (Phi) is 17.8. The molecule has 5 N–H and O–H groups in total. The summed E-state index contributed by atoms with van der Waals surface area (Å²) in [5, 5.41) is 15.6. The zero-order valence-corrected chi connectivity index (χ0v) is 29.8. The van der Waals surface area contributed by atoms with Gasteiger partial charge in [-0.3, -0.25) is 9.59 Å². The van der Waals surface area contributed by atoms with Crippen LogP contribution >= 0.6 is 11.6 Å². The number of hydrogen-bond donors (Lipinski definition) is 4. The van der Waals surface area contributed by atoms with E-state index in [-0.39, 0.29) is 29.1 Å². The number of halogens is 1. The van der Waals surface area contributed by atoms with Gasteiger partial charge in [0.2, 0.25) is 5.91 Å². The first-order chi connectivity index (χ1) is 21.7. The number of hydrogen-bond acceptors (Lipinski definition) is 5. The Morgan fingerprint density at radius 3 is 2.15 bits per heavy atom. The standard InChI is InChI=1S/C31H37ClN4O3.C4H10.C3H8/c1-6-23-8-7-15-36(21(23)3)19-20(2)24-11-9-22(10-12-24)16-26(18-34-30(39)31(4,5)33)35-29(38)25-13-14-28(37)27(32)17-25;1-3-4-2;1-3-2/h7-15,17,19,26,37H,3,6,16,18,33H2,1-2,4-5H3,(H,34,39)(H,35,38);3-4H2,1-2H3;3H2,1-2H3/b20-19+;;/t26-;;/m0../s1. The van der Waals surface area contributed by atoms with Crippen LogP contribution in [0.25, 0.3) is 5.57 Å². The summed E-state index contributed by atoms with van der Waals surface area (Å²) in [4.78, 5) is 27.4. The van der Waals surface area contributed by atoms with E-state index in [4.69, 9.17) is 17.3 Å². The number of amides is 2. The number of allylic oxidation sites excluding steroid dienone is 4. The molecule has 0 saturated carbocycles. The molecule has 1 heterocycles. The molecule has 0 aliphatic carbocycles. The highest BCUT2D eigenvalue weighted by Crippen LogP contribution is 2.25. The molecule has 46 heavy (non-hydrogen) atoms. The van der Waals surface area contributed by atoms with Crippen LogP contribution in [0.5, 0.6) is 5.75 Å². The summed E-state index contributed by atoms with van der Waals surface area (Å²) in [5.41, 5.74) is 10.5. The van der Waals surface area contributed by atoms with Gasteiger partial charge in [0, 0.05) is 30.2 Å². The second kappa shape index (κ2) is 20.3. The second-order valence-corrected chi connectivity index (χ2v) is 12.3. The number of aromatic hydroxyl groups is 1. The molecule has 1 atom stereocenters. The van der Waals surface area contributed by atoms with Gasteiger partial charge in [-0.2, -0.15) is 0 Å². The zero-order valence-electron chi connectivity index (χ0n) is 29.0. The Morgan fingerprint density at radius 2 is 1.63 bits per heavy atom. The van der Waals surface area contributed by atoms with Gasteiger partial charge in [-0.15, -0.1) is 0 Å². The van der Waals surface area contributed by atoms with Crippen LogP contribution in [-0.4, -0.2) is 39.9 Å². The minimum Gasteiger partial charge on any atom is -0.506 e. The quantitative estimate of drug-likeness (QED) is 0.195. The Labute approximate surface area is 282 Å². The van der Waals surface area contributed by atoms with Crippen molar-refractivity contribution in [3.8, 4) is 5.75 Å². The summed E-state index contributed by atoms with van der Waals surface area (Å²) in [6.45, 7) is 20.4. The molecule has 0 bridgehead atoms. The first-order valence-electron chi connectivity index (χ1n) is 16.2. The van der Waals surface area contributed by atoms with Crippen LogP contribution in [0.1, 0.15) is 103 Å². The summed E-state index contributed by atoms with van der Waals surface area (Å²) in [5.74, 6) is -0.789. The van der Waals surface area contributed by atoms with Crippen molar-refractivity contribution in [1.29, 1.82) is 0 Å². The first kappa shape index (κ1) is 40.2. The van der Waals surface area contributed by atoms with E-state index in [2.05, 4.69) is 71.0 Å². The Hall–Kier alpha value is -3.81. The highest BCUT2D eigenvalue weighted by atomic mass is 35.5. The van der Waals surface area contributed by atoms with E-state index in [1.807, 2.05) is 41.4 Å². The number of rotatable bonds is 11. The molecule has 2 aromatic carbocycles. The molecule has 0 spiro atoms. The molecule has 1 aliphatic heterocycles. The Bertz CT molecular complexity index is 1370. The maximum Gasteiger partial charge on any atom is 0.251 e. The van der Waals surface area contributed by atoms with Gasteiger partial charge in [0.1, 0.15) is 5.75 Å². The van der Waals surface area contributed by atoms with Gasteiger partial charge >= 0.3 is 0 Å². The highest BCUT2D eigenvalue weighted by molar-refractivity contribution is 6.32. The van der Waals surface area contributed by atoms with Crippen LogP contribution in [0.2, 0.25) is 5.02 Å². The zero-order chi connectivity index (χ0) is 34.9. The molecule has 2 amide bonds. The van der Waals surface area contributed by atoms with E-state index in [0.717, 1.165) is 28.8 Å². The van der Waals surface area contributed by atoms with Crippen molar-refractivity contribution < 1.29 is 14.7 Å². The number of nitrogens with zero attached hydrogens (tertiary/aromatic N) is 1. The van der Waals surface area contributed by atoms with Gasteiger partial charge in [0.15, 0.2) is 0 Å². The lowest BCUT2D eigenvalue weighted by atomic mass is 10.0. The SMILES string of the molecule is C=C1C(CC)=CC=CN1/C=C(\C)c1ccc(C[C@@H](CNC(=O)C(C)(C)N)NC(=O)c2ccc(O)c(Cl)c2)cc1.CCC.CCCC. The number of phenolic OH excluding ortho intramolecular Hbond substituents is 1. The van der Waals surface area contributed by atoms with Crippen molar-refractivity contribution in [2.24, 2.45) is 5.73 Å². The number of carbonyl (C=O) groups is 2. The molecule has 8 heteroatoms. The molecular formula is C38H55ClN4O3. The molecule has 0 unspecified atom stereocenters. The first-order valence-corrected chi connectivity index (χ1v) is 16.6. The van der Waals surface area contributed by atoms with Gasteiger partial charge in [0.05, 0.1) is 16.6 Å². The number of carbonyl (C=O) groups excluding carboxylic acids is 2.